The number of carbonyl (C=O) groups is 2. The Morgan fingerprint density at radius 2 is 2.04 bits per heavy atom. The molecule has 24 heavy (non-hydrogen) atoms. The van der Waals surface area contributed by atoms with Gasteiger partial charge in [-0.3, -0.25) is 14.7 Å². The molecule has 0 unspecified atom stereocenters. The molecule has 1 aromatic carbocycles. The van der Waals surface area contributed by atoms with Crippen molar-refractivity contribution in [3.05, 3.63) is 35.4 Å². The molecule has 0 aromatic heterocycles. The minimum Gasteiger partial charge on any atom is -0.465 e. The number of amides is 2. The minimum atomic E-state index is -0.975. The second-order valence-corrected chi connectivity index (χ2v) is 5.76. The normalized spacial score (nSPS) is 13.8. The van der Waals surface area contributed by atoms with E-state index >= 15 is 0 Å². The molecule has 0 fully saturated rings. The lowest BCUT2D eigenvalue weighted by Crippen LogP contribution is -2.33. The molecule has 2 N–H and O–H groups in total. The molecule has 1 aliphatic heterocycles. The van der Waals surface area contributed by atoms with Gasteiger partial charge in [-0.2, -0.15) is 0 Å². The molecule has 0 saturated heterocycles. The smallest absolute Gasteiger partial charge is 0.413 e. The number of carboxylic acid groups (broad SMARTS) is 1. The van der Waals surface area contributed by atoms with E-state index in [4.69, 9.17) is 5.11 Å². The molecule has 1 aliphatic rings. The van der Waals surface area contributed by atoms with Gasteiger partial charge in [-0.25, -0.2) is 4.79 Å². The summed E-state index contributed by atoms with van der Waals surface area (Å²) in [4.78, 5) is 30.3. The van der Waals surface area contributed by atoms with Crippen LogP contribution in [-0.2, 0) is 11.2 Å². The summed E-state index contributed by atoms with van der Waals surface area (Å²) >= 11 is 0. The van der Waals surface area contributed by atoms with Gasteiger partial charge in [-0.15, -0.1) is 0 Å². The van der Waals surface area contributed by atoms with Crippen molar-refractivity contribution in [1.29, 1.82) is 0 Å². The average molecular weight is 332 g/mol. The SMILES string of the molecule is CNCCC(=O)N(C)CCc1ccc(C2=NCCN2C(=O)O)cc1. The molecule has 0 saturated carbocycles. The number of amidine groups is 1. The van der Waals surface area contributed by atoms with E-state index < -0.39 is 6.09 Å². The van der Waals surface area contributed by atoms with Crippen LogP contribution in [-0.4, -0.2) is 73.0 Å². The third kappa shape index (κ3) is 4.55. The number of nitrogens with one attached hydrogen (secondary N) is 1. The van der Waals surface area contributed by atoms with E-state index in [0.717, 1.165) is 17.5 Å². The molecular weight excluding hydrogens is 308 g/mol. The summed E-state index contributed by atoms with van der Waals surface area (Å²) in [7, 11) is 3.64. The Labute approximate surface area is 142 Å². The maximum absolute atomic E-state index is 11.9. The number of carbonyl (C=O) groups excluding carboxylic acids is 1. The van der Waals surface area contributed by atoms with Crippen molar-refractivity contribution in [2.24, 2.45) is 4.99 Å². The van der Waals surface area contributed by atoms with Gasteiger partial charge in [0.1, 0.15) is 5.84 Å². The fourth-order valence-corrected chi connectivity index (χ4v) is 2.55. The first-order valence-electron chi connectivity index (χ1n) is 8.05. The van der Waals surface area contributed by atoms with Gasteiger partial charge in [0.05, 0.1) is 13.1 Å². The first-order chi connectivity index (χ1) is 11.5. The van der Waals surface area contributed by atoms with Crippen LogP contribution in [0.3, 0.4) is 0 Å². The van der Waals surface area contributed by atoms with Gasteiger partial charge in [0, 0.05) is 32.1 Å². The van der Waals surface area contributed by atoms with E-state index in [9.17, 15) is 9.59 Å². The summed E-state index contributed by atoms with van der Waals surface area (Å²) in [5.74, 6) is 0.631. The van der Waals surface area contributed by atoms with Gasteiger partial charge in [0.2, 0.25) is 5.91 Å². The largest absolute Gasteiger partial charge is 0.465 e. The lowest BCUT2D eigenvalue weighted by molar-refractivity contribution is -0.129. The van der Waals surface area contributed by atoms with E-state index in [1.54, 1.807) is 4.90 Å². The van der Waals surface area contributed by atoms with Crippen LogP contribution in [0.1, 0.15) is 17.5 Å². The van der Waals surface area contributed by atoms with Gasteiger partial charge in [-0.1, -0.05) is 24.3 Å². The van der Waals surface area contributed by atoms with Crippen LogP contribution in [0, 0.1) is 0 Å². The van der Waals surface area contributed by atoms with E-state index in [1.165, 1.54) is 4.90 Å². The molecule has 0 spiro atoms. The van der Waals surface area contributed by atoms with Crippen LogP contribution in [0.2, 0.25) is 0 Å². The van der Waals surface area contributed by atoms with Crippen molar-refractivity contribution in [3.63, 3.8) is 0 Å². The van der Waals surface area contributed by atoms with Gasteiger partial charge < -0.3 is 15.3 Å². The Balaban J connectivity index is 1.91. The molecule has 0 bridgehead atoms. The van der Waals surface area contributed by atoms with E-state index in [1.807, 2.05) is 38.4 Å². The summed E-state index contributed by atoms with van der Waals surface area (Å²) in [6.07, 6.45) is 0.283. The molecule has 0 radical (unpaired) electrons. The van der Waals surface area contributed by atoms with Crippen molar-refractivity contribution < 1.29 is 14.7 Å². The van der Waals surface area contributed by atoms with Crippen LogP contribution in [0.25, 0.3) is 0 Å². The third-order valence-electron chi connectivity index (χ3n) is 4.03. The lowest BCUT2D eigenvalue weighted by atomic mass is 10.1. The molecule has 0 aliphatic carbocycles. The van der Waals surface area contributed by atoms with Crippen LogP contribution in [0.15, 0.2) is 29.3 Å². The molecule has 1 aromatic rings. The Morgan fingerprint density at radius 1 is 1.33 bits per heavy atom. The van der Waals surface area contributed by atoms with Crippen molar-refractivity contribution in [3.8, 4) is 0 Å². The standard InChI is InChI=1S/C17H24N4O3/c1-18-9-7-15(22)20(2)11-8-13-3-5-14(6-4-13)16-19-10-12-21(16)17(23)24/h3-6,18H,7-12H2,1-2H3,(H,23,24). The Bertz CT molecular complexity index is 613. The van der Waals surface area contributed by atoms with Gasteiger partial charge in [0.25, 0.3) is 0 Å². The number of hydrogen-bond donors (Lipinski definition) is 2. The van der Waals surface area contributed by atoms with E-state index in [2.05, 4.69) is 10.3 Å². The summed E-state index contributed by atoms with van der Waals surface area (Å²) in [5.41, 5.74) is 1.91. The topological polar surface area (TPSA) is 85.2 Å². The molecule has 7 heteroatoms. The van der Waals surface area contributed by atoms with Gasteiger partial charge in [-0.05, 0) is 19.0 Å². The fraction of sp³-hybridized carbons (Fsp3) is 0.471. The molecule has 7 nitrogen and oxygen atoms in total. The molecule has 1 heterocycles. The predicted molar refractivity (Wildman–Crippen MR) is 92.5 cm³/mol. The number of hydrogen-bond acceptors (Lipinski definition) is 4. The van der Waals surface area contributed by atoms with E-state index in [-0.39, 0.29) is 5.91 Å². The van der Waals surface area contributed by atoms with Crippen molar-refractivity contribution in [2.75, 3.05) is 40.3 Å². The first-order valence-corrected chi connectivity index (χ1v) is 8.05. The summed E-state index contributed by atoms with van der Waals surface area (Å²) in [5, 5.41) is 12.1. The number of likely N-dealkylation sites (N-methyl/N-ethyl adjacent to an activating group) is 1. The minimum absolute atomic E-state index is 0.124. The highest BCUT2D eigenvalue weighted by atomic mass is 16.4. The van der Waals surface area contributed by atoms with Crippen molar-refractivity contribution >= 4 is 17.8 Å². The molecule has 2 amide bonds. The lowest BCUT2D eigenvalue weighted by Gasteiger charge is -2.17. The van der Waals surface area contributed by atoms with Gasteiger partial charge in [0.15, 0.2) is 0 Å². The summed E-state index contributed by atoms with van der Waals surface area (Å²) in [6, 6.07) is 7.70. The Kier molecular flexibility index (Phi) is 6.31. The number of rotatable bonds is 7. The predicted octanol–water partition coefficient (Wildman–Crippen LogP) is 1.04. The molecular formula is C17H24N4O3. The molecule has 0 atom stereocenters. The Hall–Kier alpha value is -2.41. The quantitative estimate of drug-likeness (QED) is 0.781. The van der Waals surface area contributed by atoms with Crippen LogP contribution >= 0.6 is 0 Å². The fourth-order valence-electron chi connectivity index (χ4n) is 2.55. The first kappa shape index (κ1) is 17.9. The second kappa shape index (κ2) is 8.44. The zero-order valence-corrected chi connectivity index (χ0v) is 14.2. The summed E-state index contributed by atoms with van der Waals surface area (Å²) in [6.45, 7) is 2.25. The second-order valence-electron chi connectivity index (χ2n) is 5.76. The Morgan fingerprint density at radius 3 is 2.67 bits per heavy atom. The number of nitrogens with zero attached hydrogens (tertiary/aromatic N) is 3. The summed E-state index contributed by atoms with van der Waals surface area (Å²) < 4.78 is 0. The number of benzene rings is 1. The monoisotopic (exact) mass is 332 g/mol. The van der Waals surface area contributed by atoms with Crippen LogP contribution < -0.4 is 5.32 Å². The van der Waals surface area contributed by atoms with Crippen molar-refractivity contribution in [2.45, 2.75) is 12.8 Å². The maximum Gasteiger partial charge on any atom is 0.413 e. The third-order valence-corrected chi connectivity index (χ3v) is 4.03. The van der Waals surface area contributed by atoms with Crippen molar-refractivity contribution in [1.82, 2.24) is 15.1 Å². The average Bonchev–Trinajstić information content (AvgIpc) is 3.08. The highest BCUT2D eigenvalue weighted by Gasteiger charge is 2.23. The van der Waals surface area contributed by atoms with Gasteiger partial charge >= 0.3 is 6.09 Å². The molecule has 2 rings (SSSR count). The highest BCUT2D eigenvalue weighted by molar-refractivity contribution is 6.07. The molecule has 130 valence electrons. The van der Waals surface area contributed by atoms with Crippen LogP contribution in [0.5, 0.6) is 0 Å². The maximum atomic E-state index is 11.9. The highest BCUT2D eigenvalue weighted by Crippen LogP contribution is 2.13. The number of aliphatic imine (C=N–C) groups is 1. The zero-order chi connectivity index (χ0) is 17.5. The van der Waals surface area contributed by atoms with E-state index in [0.29, 0.717) is 38.4 Å². The van der Waals surface area contributed by atoms with Crippen LogP contribution in [0.4, 0.5) is 4.79 Å². The zero-order valence-electron chi connectivity index (χ0n) is 14.2.